The van der Waals surface area contributed by atoms with Crippen LogP contribution in [0.2, 0.25) is 0 Å². The molecule has 0 fully saturated rings. The predicted molar refractivity (Wildman–Crippen MR) is 87.2 cm³/mol. The van der Waals surface area contributed by atoms with E-state index >= 15 is 0 Å². The summed E-state index contributed by atoms with van der Waals surface area (Å²) in [5, 5.41) is 9.57. The topological polar surface area (TPSA) is 53.2 Å². The van der Waals surface area contributed by atoms with Gasteiger partial charge in [-0.1, -0.05) is 25.1 Å². The highest BCUT2D eigenvalue weighted by atomic mass is 16.1. The van der Waals surface area contributed by atoms with E-state index in [4.69, 9.17) is 0 Å². The van der Waals surface area contributed by atoms with Gasteiger partial charge in [0.15, 0.2) is 0 Å². The van der Waals surface area contributed by atoms with Crippen LogP contribution in [0.25, 0.3) is 0 Å². The van der Waals surface area contributed by atoms with Crippen LogP contribution in [0.15, 0.2) is 42.5 Å². The Hall–Kier alpha value is -2.49. The lowest BCUT2D eigenvalue weighted by molar-refractivity contribution is 0.102. The van der Waals surface area contributed by atoms with Crippen LogP contribution in [-0.4, -0.2) is 19.0 Å². The van der Waals surface area contributed by atoms with Crippen LogP contribution in [0.4, 0.5) is 17.1 Å². The first-order valence-electron chi connectivity index (χ1n) is 7.29. The molecular formula is C17H19N3O. The zero-order chi connectivity index (χ0) is 14.7. The lowest BCUT2D eigenvalue weighted by Crippen LogP contribution is -2.24. The van der Waals surface area contributed by atoms with Gasteiger partial charge in [-0.3, -0.25) is 4.79 Å². The van der Waals surface area contributed by atoms with Crippen LogP contribution in [0.5, 0.6) is 0 Å². The Morgan fingerprint density at radius 3 is 2.81 bits per heavy atom. The second-order valence-electron chi connectivity index (χ2n) is 5.09. The molecule has 4 heteroatoms. The van der Waals surface area contributed by atoms with Crippen LogP contribution >= 0.6 is 0 Å². The Balaban J connectivity index is 1.85. The average molecular weight is 281 g/mol. The fourth-order valence-corrected chi connectivity index (χ4v) is 2.53. The molecule has 0 saturated heterocycles. The Morgan fingerprint density at radius 2 is 1.95 bits per heavy atom. The summed E-state index contributed by atoms with van der Waals surface area (Å²) < 4.78 is 0. The molecule has 108 valence electrons. The van der Waals surface area contributed by atoms with Gasteiger partial charge in [-0.2, -0.15) is 0 Å². The third kappa shape index (κ3) is 2.84. The molecule has 1 amide bonds. The van der Waals surface area contributed by atoms with E-state index in [0.717, 1.165) is 36.6 Å². The lowest BCUT2D eigenvalue weighted by atomic mass is 10.1. The van der Waals surface area contributed by atoms with Gasteiger partial charge in [0.05, 0.1) is 16.9 Å². The Kier molecular flexibility index (Phi) is 3.77. The molecule has 21 heavy (non-hydrogen) atoms. The summed E-state index contributed by atoms with van der Waals surface area (Å²) >= 11 is 0. The molecule has 0 aromatic heterocycles. The van der Waals surface area contributed by atoms with Gasteiger partial charge in [-0.25, -0.2) is 0 Å². The number of rotatable bonds is 3. The third-order valence-electron chi connectivity index (χ3n) is 3.64. The van der Waals surface area contributed by atoms with Crippen molar-refractivity contribution in [3.63, 3.8) is 0 Å². The molecule has 3 rings (SSSR count). The summed E-state index contributed by atoms with van der Waals surface area (Å²) in [5.74, 6) is -0.0868. The molecule has 2 aromatic rings. The smallest absolute Gasteiger partial charge is 0.257 e. The van der Waals surface area contributed by atoms with E-state index in [2.05, 4.69) is 28.9 Å². The van der Waals surface area contributed by atoms with E-state index in [0.29, 0.717) is 5.56 Å². The maximum Gasteiger partial charge on any atom is 0.257 e. The van der Waals surface area contributed by atoms with Gasteiger partial charge in [-0.15, -0.1) is 0 Å². The lowest BCUT2D eigenvalue weighted by Gasteiger charge is -2.22. The first kappa shape index (κ1) is 13.5. The summed E-state index contributed by atoms with van der Waals surface area (Å²) in [6.45, 7) is 3.79. The van der Waals surface area contributed by atoms with Gasteiger partial charge < -0.3 is 16.0 Å². The minimum Gasteiger partial charge on any atom is -0.382 e. The van der Waals surface area contributed by atoms with Gasteiger partial charge in [0.1, 0.15) is 0 Å². The highest BCUT2D eigenvalue weighted by molar-refractivity contribution is 6.10. The van der Waals surface area contributed by atoms with E-state index in [1.54, 1.807) is 0 Å². The summed E-state index contributed by atoms with van der Waals surface area (Å²) in [7, 11) is 0. The number of para-hydroxylation sites is 1. The quantitative estimate of drug-likeness (QED) is 0.809. The predicted octanol–water partition coefficient (Wildman–Crippen LogP) is 3.34. The number of nitrogens with one attached hydrogen (secondary N) is 3. The van der Waals surface area contributed by atoms with Gasteiger partial charge in [0, 0.05) is 18.8 Å². The summed E-state index contributed by atoms with van der Waals surface area (Å²) in [5.41, 5.74) is 4.58. The summed E-state index contributed by atoms with van der Waals surface area (Å²) in [6, 6.07) is 13.7. The van der Waals surface area contributed by atoms with Crippen LogP contribution in [0, 0.1) is 0 Å². The summed E-state index contributed by atoms with van der Waals surface area (Å²) in [4.78, 5) is 12.5. The summed E-state index contributed by atoms with van der Waals surface area (Å²) in [6.07, 6.45) is 0.954. The van der Waals surface area contributed by atoms with Crippen LogP contribution < -0.4 is 16.0 Å². The maximum absolute atomic E-state index is 12.5. The zero-order valence-corrected chi connectivity index (χ0v) is 12.1. The molecule has 1 heterocycles. The molecule has 0 saturated carbocycles. The van der Waals surface area contributed by atoms with Crippen molar-refractivity contribution in [3.05, 3.63) is 53.6 Å². The van der Waals surface area contributed by atoms with Crippen molar-refractivity contribution in [1.29, 1.82) is 0 Å². The monoisotopic (exact) mass is 281 g/mol. The van der Waals surface area contributed by atoms with E-state index in [-0.39, 0.29) is 5.91 Å². The number of anilines is 3. The minimum absolute atomic E-state index is 0.0868. The Morgan fingerprint density at radius 1 is 1.14 bits per heavy atom. The number of aryl methyl sites for hydroxylation is 1. The number of amides is 1. The van der Waals surface area contributed by atoms with Gasteiger partial charge in [0.25, 0.3) is 5.91 Å². The minimum atomic E-state index is -0.0868. The SMILES string of the molecule is CCc1cccc(NC(=O)c2cccc3c2NCCN3)c1. The van der Waals surface area contributed by atoms with Crippen molar-refractivity contribution in [2.75, 3.05) is 29.0 Å². The standard InChI is InChI=1S/C17H19N3O/c1-2-12-5-3-6-13(11-12)20-17(21)14-7-4-8-15-16(14)19-10-9-18-15/h3-8,11,18-19H,2,9-10H2,1H3,(H,20,21). The number of hydrogen-bond acceptors (Lipinski definition) is 3. The zero-order valence-electron chi connectivity index (χ0n) is 12.1. The molecular weight excluding hydrogens is 262 g/mol. The molecule has 0 bridgehead atoms. The largest absolute Gasteiger partial charge is 0.382 e. The fraction of sp³-hybridized carbons (Fsp3) is 0.235. The first-order chi connectivity index (χ1) is 10.3. The molecule has 0 spiro atoms. The van der Waals surface area contributed by atoms with Crippen molar-refractivity contribution in [1.82, 2.24) is 0 Å². The van der Waals surface area contributed by atoms with Gasteiger partial charge >= 0.3 is 0 Å². The maximum atomic E-state index is 12.5. The molecule has 0 unspecified atom stereocenters. The molecule has 1 aliphatic heterocycles. The number of fused-ring (bicyclic) bond motifs is 1. The van der Waals surface area contributed by atoms with Crippen molar-refractivity contribution in [3.8, 4) is 0 Å². The second kappa shape index (κ2) is 5.87. The fourth-order valence-electron chi connectivity index (χ4n) is 2.53. The normalized spacial score (nSPS) is 12.8. The van der Waals surface area contributed by atoms with Crippen molar-refractivity contribution < 1.29 is 4.79 Å². The average Bonchev–Trinajstić information content (AvgIpc) is 2.54. The molecule has 0 aliphatic carbocycles. The van der Waals surface area contributed by atoms with Gasteiger partial charge in [0.2, 0.25) is 0 Å². The third-order valence-corrected chi connectivity index (χ3v) is 3.64. The van der Waals surface area contributed by atoms with Crippen LogP contribution in [-0.2, 0) is 6.42 Å². The number of hydrogen-bond donors (Lipinski definition) is 3. The first-order valence-corrected chi connectivity index (χ1v) is 7.29. The van der Waals surface area contributed by atoms with E-state index < -0.39 is 0 Å². The molecule has 3 N–H and O–H groups in total. The highest BCUT2D eigenvalue weighted by Crippen LogP contribution is 2.28. The van der Waals surface area contributed by atoms with Crippen LogP contribution in [0.3, 0.4) is 0 Å². The van der Waals surface area contributed by atoms with E-state index in [1.807, 2.05) is 36.4 Å². The van der Waals surface area contributed by atoms with Crippen molar-refractivity contribution in [2.24, 2.45) is 0 Å². The van der Waals surface area contributed by atoms with Crippen molar-refractivity contribution in [2.45, 2.75) is 13.3 Å². The molecule has 1 aliphatic rings. The van der Waals surface area contributed by atoms with Crippen molar-refractivity contribution >= 4 is 23.0 Å². The number of benzene rings is 2. The number of carbonyl (C=O) groups excluding carboxylic acids is 1. The van der Waals surface area contributed by atoms with Gasteiger partial charge in [-0.05, 0) is 36.2 Å². The molecule has 0 atom stereocenters. The Bertz CT molecular complexity index is 667. The number of carbonyl (C=O) groups is 1. The molecule has 0 radical (unpaired) electrons. The van der Waals surface area contributed by atoms with E-state index in [1.165, 1.54) is 5.56 Å². The second-order valence-corrected chi connectivity index (χ2v) is 5.09. The Labute approximate surface area is 124 Å². The van der Waals surface area contributed by atoms with E-state index in [9.17, 15) is 4.79 Å². The molecule has 4 nitrogen and oxygen atoms in total. The van der Waals surface area contributed by atoms with Crippen LogP contribution in [0.1, 0.15) is 22.8 Å². The molecule has 2 aromatic carbocycles. The highest BCUT2D eigenvalue weighted by Gasteiger charge is 2.17.